The minimum absolute atomic E-state index is 0.196. The first-order valence-electron chi connectivity index (χ1n) is 10.9. The summed E-state index contributed by atoms with van der Waals surface area (Å²) in [5.41, 5.74) is 4.22. The van der Waals surface area contributed by atoms with Crippen LogP contribution >= 0.6 is 23.2 Å². The summed E-state index contributed by atoms with van der Waals surface area (Å²) in [5, 5.41) is 4.50. The molecule has 0 aromatic heterocycles. The fourth-order valence-corrected chi connectivity index (χ4v) is 3.41. The Balaban J connectivity index is 1.57. The first-order chi connectivity index (χ1) is 17.8. The number of hydrazone groups is 1. The number of rotatable bonds is 11. The van der Waals surface area contributed by atoms with Gasteiger partial charge in [-0.25, -0.2) is 10.2 Å². The minimum Gasteiger partial charge on any atom is -0.493 e. The number of benzene rings is 3. The van der Waals surface area contributed by atoms with Gasteiger partial charge in [0.2, 0.25) is 0 Å². The number of hydrogen-bond donors (Lipinski definition) is 1. The van der Waals surface area contributed by atoms with Crippen molar-refractivity contribution in [3.63, 3.8) is 0 Å². The zero-order chi connectivity index (χ0) is 26.8. The number of halogens is 2. The summed E-state index contributed by atoms with van der Waals surface area (Å²) in [5.74, 6) is 0.346. The van der Waals surface area contributed by atoms with Crippen LogP contribution in [-0.2, 0) is 11.2 Å². The molecule has 37 heavy (non-hydrogen) atoms. The Bertz CT molecular complexity index is 1330. The first kappa shape index (κ1) is 27.6. The number of amides is 1. The van der Waals surface area contributed by atoms with Gasteiger partial charge in [0.25, 0.3) is 5.91 Å². The third-order valence-electron chi connectivity index (χ3n) is 4.92. The Morgan fingerprint density at radius 3 is 2.35 bits per heavy atom. The molecule has 0 saturated heterocycles. The SMILES string of the molecule is C=CCc1ccc(OCC(=O)N/N=C/c2ccc(OC(=O)c3ccc(Cl)c(Cl)c3)c(OC)c2)c(OC)c1. The number of esters is 1. The quantitative estimate of drug-likeness (QED) is 0.113. The van der Waals surface area contributed by atoms with Gasteiger partial charge in [-0.2, -0.15) is 5.10 Å². The topological polar surface area (TPSA) is 95.5 Å². The van der Waals surface area contributed by atoms with E-state index in [-0.39, 0.29) is 22.9 Å². The fourth-order valence-electron chi connectivity index (χ4n) is 3.11. The number of carbonyl (C=O) groups excluding carboxylic acids is 2. The number of nitrogens with zero attached hydrogens (tertiary/aromatic N) is 1. The van der Waals surface area contributed by atoms with Crippen LogP contribution in [0.5, 0.6) is 23.0 Å². The maximum Gasteiger partial charge on any atom is 0.343 e. The van der Waals surface area contributed by atoms with Crippen LogP contribution in [0.4, 0.5) is 0 Å². The molecule has 3 rings (SSSR count). The molecule has 10 heteroatoms. The van der Waals surface area contributed by atoms with E-state index in [0.717, 1.165) is 5.56 Å². The van der Waals surface area contributed by atoms with Gasteiger partial charge in [-0.3, -0.25) is 4.79 Å². The number of methoxy groups -OCH3 is 2. The van der Waals surface area contributed by atoms with Crippen LogP contribution in [0, 0.1) is 0 Å². The van der Waals surface area contributed by atoms with Crippen molar-refractivity contribution in [1.82, 2.24) is 5.43 Å². The van der Waals surface area contributed by atoms with E-state index in [9.17, 15) is 9.59 Å². The smallest absolute Gasteiger partial charge is 0.343 e. The molecule has 0 saturated carbocycles. The zero-order valence-electron chi connectivity index (χ0n) is 20.1. The summed E-state index contributed by atoms with van der Waals surface area (Å²) in [7, 11) is 2.96. The van der Waals surface area contributed by atoms with Crippen LogP contribution in [-0.4, -0.2) is 38.9 Å². The van der Waals surface area contributed by atoms with Crippen molar-refractivity contribution in [2.75, 3.05) is 20.8 Å². The van der Waals surface area contributed by atoms with Gasteiger partial charge in [-0.05, 0) is 66.1 Å². The minimum atomic E-state index is -0.627. The Labute approximate surface area is 224 Å². The summed E-state index contributed by atoms with van der Waals surface area (Å²) < 4.78 is 21.6. The van der Waals surface area contributed by atoms with Gasteiger partial charge < -0.3 is 18.9 Å². The van der Waals surface area contributed by atoms with Crippen molar-refractivity contribution in [2.24, 2.45) is 5.10 Å². The normalized spacial score (nSPS) is 10.6. The van der Waals surface area contributed by atoms with Crippen molar-refractivity contribution < 1.29 is 28.5 Å². The number of carbonyl (C=O) groups is 2. The summed E-state index contributed by atoms with van der Waals surface area (Å²) >= 11 is 11.9. The molecular formula is C27H24Cl2N2O6. The van der Waals surface area contributed by atoms with Crippen molar-refractivity contribution in [3.8, 4) is 23.0 Å². The van der Waals surface area contributed by atoms with E-state index in [1.807, 2.05) is 12.1 Å². The Morgan fingerprint density at radius 2 is 1.65 bits per heavy atom. The van der Waals surface area contributed by atoms with Crippen LogP contribution in [0.1, 0.15) is 21.5 Å². The molecule has 3 aromatic rings. The first-order valence-corrected chi connectivity index (χ1v) is 11.7. The van der Waals surface area contributed by atoms with E-state index >= 15 is 0 Å². The molecule has 0 bridgehead atoms. The zero-order valence-corrected chi connectivity index (χ0v) is 21.6. The monoisotopic (exact) mass is 542 g/mol. The highest BCUT2D eigenvalue weighted by Crippen LogP contribution is 2.30. The summed E-state index contributed by atoms with van der Waals surface area (Å²) in [4.78, 5) is 24.6. The molecule has 192 valence electrons. The van der Waals surface area contributed by atoms with Crippen LogP contribution in [0.15, 0.2) is 72.4 Å². The number of ether oxygens (including phenoxy) is 4. The lowest BCUT2D eigenvalue weighted by Gasteiger charge is -2.11. The lowest BCUT2D eigenvalue weighted by Crippen LogP contribution is -2.24. The van der Waals surface area contributed by atoms with Gasteiger partial charge in [0, 0.05) is 0 Å². The van der Waals surface area contributed by atoms with Gasteiger partial charge >= 0.3 is 5.97 Å². The molecule has 3 aromatic carbocycles. The molecule has 0 aliphatic rings. The summed E-state index contributed by atoms with van der Waals surface area (Å²) in [6.07, 6.45) is 3.89. The Kier molecular flexibility index (Phi) is 9.94. The van der Waals surface area contributed by atoms with Gasteiger partial charge in [-0.15, -0.1) is 6.58 Å². The lowest BCUT2D eigenvalue weighted by atomic mass is 10.1. The summed E-state index contributed by atoms with van der Waals surface area (Å²) in [6, 6.07) is 14.6. The molecule has 8 nitrogen and oxygen atoms in total. The number of allylic oxidation sites excluding steroid dienone is 1. The average molecular weight is 543 g/mol. The standard InChI is InChI=1S/C27H24Cl2N2O6/c1-4-5-17-6-10-22(24(12-17)34-2)36-16-26(32)31-30-15-18-7-11-23(25(13-18)35-3)37-27(33)19-8-9-20(28)21(29)14-19/h4,6-15H,1,5,16H2,2-3H3,(H,31,32)/b30-15+. The molecule has 0 aliphatic heterocycles. The van der Waals surface area contributed by atoms with E-state index < -0.39 is 11.9 Å². The van der Waals surface area contributed by atoms with Crippen molar-refractivity contribution in [3.05, 3.63) is 94.0 Å². The number of hydrogen-bond acceptors (Lipinski definition) is 7. The van der Waals surface area contributed by atoms with E-state index in [1.165, 1.54) is 38.6 Å². The van der Waals surface area contributed by atoms with Gasteiger partial charge in [0.1, 0.15) is 0 Å². The third-order valence-corrected chi connectivity index (χ3v) is 5.65. The molecule has 0 unspecified atom stereocenters. The highest BCUT2D eigenvalue weighted by atomic mass is 35.5. The molecule has 0 aliphatic carbocycles. The predicted molar refractivity (Wildman–Crippen MR) is 143 cm³/mol. The largest absolute Gasteiger partial charge is 0.493 e. The fraction of sp³-hybridized carbons (Fsp3) is 0.148. The van der Waals surface area contributed by atoms with Crippen LogP contribution in [0.25, 0.3) is 0 Å². The maximum absolute atomic E-state index is 12.5. The highest BCUT2D eigenvalue weighted by molar-refractivity contribution is 6.42. The lowest BCUT2D eigenvalue weighted by molar-refractivity contribution is -0.123. The van der Waals surface area contributed by atoms with Crippen molar-refractivity contribution in [2.45, 2.75) is 6.42 Å². The molecule has 0 spiro atoms. The Hall–Kier alpha value is -4.01. The molecule has 0 fully saturated rings. The average Bonchev–Trinajstić information content (AvgIpc) is 2.90. The van der Waals surface area contributed by atoms with Crippen LogP contribution in [0.2, 0.25) is 10.0 Å². The van der Waals surface area contributed by atoms with Gasteiger partial charge in [0.15, 0.2) is 29.6 Å². The van der Waals surface area contributed by atoms with E-state index in [1.54, 1.807) is 30.3 Å². The number of nitrogens with one attached hydrogen (secondary N) is 1. The molecule has 1 N–H and O–H groups in total. The van der Waals surface area contributed by atoms with Gasteiger partial charge in [0.05, 0.1) is 36.0 Å². The second kappa shape index (κ2) is 13.3. The second-order valence-corrected chi connectivity index (χ2v) is 8.30. The molecule has 0 atom stereocenters. The predicted octanol–water partition coefficient (Wildman–Crippen LogP) is 5.49. The Morgan fingerprint density at radius 1 is 0.919 bits per heavy atom. The molecule has 0 heterocycles. The molecule has 1 amide bonds. The van der Waals surface area contributed by atoms with Crippen LogP contribution < -0.4 is 24.4 Å². The third kappa shape index (κ3) is 7.73. The van der Waals surface area contributed by atoms with E-state index in [2.05, 4.69) is 17.1 Å². The van der Waals surface area contributed by atoms with Crippen LogP contribution in [0.3, 0.4) is 0 Å². The summed E-state index contributed by atoms with van der Waals surface area (Å²) in [6.45, 7) is 3.45. The maximum atomic E-state index is 12.5. The van der Waals surface area contributed by atoms with Gasteiger partial charge in [-0.1, -0.05) is 35.3 Å². The van der Waals surface area contributed by atoms with E-state index in [4.69, 9.17) is 42.1 Å². The van der Waals surface area contributed by atoms with E-state index in [0.29, 0.717) is 34.3 Å². The molecule has 0 radical (unpaired) electrons. The second-order valence-electron chi connectivity index (χ2n) is 7.49. The van der Waals surface area contributed by atoms with Crippen molar-refractivity contribution in [1.29, 1.82) is 0 Å². The van der Waals surface area contributed by atoms with Crippen molar-refractivity contribution >= 4 is 41.3 Å². The molecular weight excluding hydrogens is 519 g/mol. The highest BCUT2D eigenvalue weighted by Gasteiger charge is 2.14.